The molecule has 0 atom stereocenters. The SMILES string of the molecule is CCN(CC)CCn1c(N)nc2c1c(=O)n(C)c(=O)n2C. The third-order valence-corrected chi connectivity index (χ3v) is 3.91. The molecule has 0 radical (unpaired) electrons. The van der Waals surface area contributed by atoms with Gasteiger partial charge in [-0.3, -0.25) is 13.9 Å². The monoisotopic (exact) mass is 294 g/mol. The molecule has 0 bridgehead atoms. The predicted octanol–water partition coefficient (Wildman–Crippen LogP) is -0.642. The number of imidazole rings is 1. The third kappa shape index (κ3) is 2.46. The minimum absolute atomic E-state index is 0.260. The largest absolute Gasteiger partial charge is 0.369 e. The summed E-state index contributed by atoms with van der Waals surface area (Å²) < 4.78 is 4.12. The highest BCUT2D eigenvalue weighted by atomic mass is 16.2. The van der Waals surface area contributed by atoms with Crippen LogP contribution >= 0.6 is 0 Å². The van der Waals surface area contributed by atoms with Crippen molar-refractivity contribution in [3.05, 3.63) is 20.8 Å². The third-order valence-electron chi connectivity index (χ3n) is 3.91. The van der Waals surface area contributed by atoms with Crippen LogP contribution in [0.5, 0.6) is 0 Å². The van der Waals surface area contributed by atoms with Gasteiger partial charge in [-0.25, -0.2) is 4.79 Å². The Balaban J connectivity index is 2.57. The van der Waals surface area contributed by atoms with Crippen LogP contribution in [0.4, 0.5) is 5.95 Å². The molecular formula is C13H22N6O2. The number of nitrogens with two attached hydrogens (primary N) is 1. The second-order valence-corrected chi connectivity index (χ2v) is 5.03. The van der Waals surface area contributed by atoms with Crippen LogP contribution in [0.25, 0.3) is 11.2 Å². The smallest absolute Gasteiger partial charge is 0.332 e. The summed E-state index contributed by atoms with van der Waals surface area (Å²) in [4.78, 5) is 30.7. The number of aryl methyl sites for hydroxylation is 1. The van der Waals surface area contributed by atoms with Crippen LogP contribution < -0.4 is 17.0 Å². The number of anilines is 1. The predicted molar refractivity (Wildman–Crippen MR) is 82.4 cm³/mol. The van der Waals surface area contributed by atoms with Crippen LogP contribution in [0.1, 0.15) is 13.8 Å². The second kappa shape index (κ2) is 5.72. The number of hydrogen-bond donors (Lipinski definition) is 1. The van der Waals surface area contributed by atoms with Gasteiger partial charge in [-0.2, -0.15) is 4.98 Å². The van der Waals surface area contributed by atoms with E-state index in [9.17, 15) is 9.59 Å². The van der Waals surface area contributed by atoms with Crippen molar-refractivity contribution in [1.29, 1.82) is 0 Å². The van der Waals surface area contributed by atoms with Gasteiger partial charge >= 0.3 is 5.69 Å². The van der Waals surface area contributed by atoms with E-state index >= 15 is 0 Å². The van der Waals surface area contributed by atoms with Gasteiger partial charge in [0, 0.05) is 27.2 Å². The number of nitrogen functional groups attached to an aromatic ring is 1. The lowest BCUT2D eigenvalue weighted by atomic mass is 10.4. The molecule has 2 aromatic rings. The topological polar surface area (TPSA) is 91.1 Å². The maximum Gasteiger partial charge on any atom is 0.332 e. The van der Waals surface area contributed by atoms with Crippen molar-refractivity contribution in [2.75, 3.05) is 25.4 Å². The molecular weight excluding hydrogens is 272 g/mol. The van der Waals surface area contributed by atoms with E-state index < -0.39 is 5.69 Å². The Morgan fingerprint density at radius 2 is 1.76 bits per heavy atom. The van der Waals surface area contributed by atoms with E-state index in [1.807, 2.05) is 0 Å². The van der Waals surface area contributed by atoms with Gasteiger partial charge in [0.2, 0.25) is 5.95 Å². The van der Waals surface area contributed by atoms with Gasteiger partial charge < -0.3 is 15.2 Å². The standard InChI is InChI=1S/C13H22N6O2/c1-5-18(6-2)7-8-19-9-10(15-12(19)14)16(3)13(21)17(4)11(9)20/h5-8H2,1-4H3,(H2,14,15). The number of likely N-dealkylation sites (N-methyl/N-ethyl adjacent to an activating group) is 1. The molecule has 2 rings (SSSR count). The molecule has 8 heteroatoms. The summed E-state index contributed by atoms with van der Waals surface area (Å²) in [5.41, 5.74) is 5.88. The molecule has 116 valence electrons. The van der Waals surface area contributed by atoms with Gasteiger partial charge in [0.05, 0.1) is 0 Å². The molecule has 0 amide bonds. The molecule has 0 unspecified atom stereocenters. The highest BCUT2D eigenvalue weighted by Gasteiger charge is 2.17. The highest BCUT2D eigenvalue weighted by molar-refractivity contribution is 5.73. The maximum absolute atomic E-state index is 12.3. The first kappa shape index (κ1) is 15.3. The van der Waals surface area contributed by atoms with E-state index in [4.69, 9.17) is 5.73 Å². The zero-order chi connectivity index (χ0) is 15.7. The van der Waals surface area contributed by atoms with Crippen molar-refractivity contribution in [2.45, 2.75) is 20.4 Å². The van der Waals surface area contributed by atoms with Crippen LogP contribution in [-0.4, -0.2) is 43.2 Å². The number of nitrogens with zero attached hydrogens (tertiary/aromatic N) is 5. The molecule has 0 aliphatic rings. The molecule has 0 aliphatic heterocycles. The molecule has 2 aromatic heterocycles. The fraction of sp³-hybridized carbons (Fsp3) is 0.615. The molecule has 0 spiro atoms. The van der Waals surface area contributed by atoms with Crippen molar-refractivity contribution < 1.29 is 0 Å². The number of rotatable bonds is 5. The van der Waals surface area contributed by atoms with Crippen molar-refractivity contribution in [3.63, 3.8) is 0 Å². The summed E-state index contributed by atoms with van der Waals surface area (Å²) in [5, 5.41) is 0. The van der Waals surface area contributed by atoms with E-state index in [1.54, 1.807) is 11.6 Å². The van der Waals surface area contributed by atoms with Gasteiger partial charge in [0.1, 0.15) is 0 Å². The van der Waals surface area contributed by atoms with E-state index in [0.29, 0.717) is 17.7 Å². The fourth-order valence-corrected chi connectivity index (χ4v) is 2.47. The average Bonchev–Trinajstić information content (AvgIpc) is 2.81. The molecule has 0 saturated heterocycles. The number of fused-ring (bicyclic) bond motifs is 1. The zero-order valence-corrected chi connectivity index (χ0v) is 13.0. The Bertz CT molecular complexity index is 766. The molecule has 0 aromatic carbocycles. The van der Waals surface area contributed by atoms with E-state index in [1.165, 1.54) is 11.6 Å². The van der Waals surface area contributed by atoms with E-state index in [0.717, 1.165) is 24.2 Å². The normalized spacial score (nSPS) is 11.7. The van der Waals surface area contributed by atoms with Gasteiger partial charge in [-0.15, -0.1) is 0 Å². The van der Waals surface area contributed by atoms with E-state index in [2.05, 4.69) is 23.7 Å². The summed E-state index contributed by atoms with van der Waals surface area (Å²) in [6.45, 7) is 7.37. The Kier molecular flexibility index (Phi) is 4.17. The quantitative estimate of drug-likeness (QED) is 0.792. The minimum Gasteiger partial charge on any atom is -0.369 e. The summed E-state index contributed by atoms with van der Waals surface area (Å²) in [7, 11) is 3.05. The van der Waals surface area contributed by atoms with Gasteiger partial charge in [-0.1, -0.05) is 13.8 Å². The molecule has 0 fully saturated rings. The van der Waals surface area contributed by atoms with Gasteiger partial charge in [0.15, 0.2) is 11.2 Å². The highest BCUT2D eigenvalue weighted by Crippen LogP contribution is 2.12. The first-order valence-corrected chi connectivity index (χ1v) is 7.06. The summed E-state index contributed by atoms with van der Waals surface area (Å²) in [6.07, 6.45) is 0. The van der Waals surface area contributed by atoms with Crippen molar-refractivity contribution in [3.8, 4) is 0 Å². The lowest BCUT2D eigenvalue weighted by Crippen LogP contribution is -2.38. The molecule has 0 aliphatic carbocycles. The van der Waals surface area contributed by atoms with Crippen LogP contribution in [-0.2, 0) is 20.6 Å². The van der Waals surface area contributed by atoms with Gasteiger partial charge in [0.25, 0.3) is 5.56 Å². The summed E-state index contributed by atoms with van der Waals surface area (Å²) >= 11 is 0. The number of aromatic nitrogens is 4. The molecule has 8 nitrogen and oxygen atoms in total. The molecule has 21 heavy (non-hydrogen) atoms. The first-order chi connectivity index (χ1) is 9.92. The Morgan fingerprint density at radius 3 is 2.33 bits per heavy atom. The van der Waals surface area contributed by atoms with Crippen LogP contribution in [0.3, 0.4) is 0 Å². The number of hydrogen-bond acceptors (Lipinski definition) is 5. The molecule has 2 heterocycles. The average molecular weight is 294 g/mol. The summed E-state index contributed by atoms with van der Waals surface area (Å²) in [6, 6.07) is 0. The van der Waals surface area contributed by atoms with Gasteiger partial charge in [-0.05, 0) is 13.1 Å². The lowest BCUT2D eigenvalue weighted by molar-refractivity contribution is 0.292. The molecule has 0 saturated carbocycles. The Morgan fingerprint density at radius 1 is 1.14 bits per heavy atom. The second-order valence-electron chi connectivity index (χ2n) is 5.03. The van der Waals surface area contributed by atoms with Crippen LogP contribution in [0.2, 0.25) is 0 Å². The fourth-order valence-electron chi connectivity index (χ4n) is 2.47. The van der Waals surface area contributed by atoms with Crippen molar-refractivity contribution in [1.82, 2.24) is 23.6 Å². The Labute approximate surface area is 122 Å². The van der Waals surface area contributed by atoms with Crippen LogP contribution in [0.15, 0.2) is 9.59 Å². The zero-order valence-electron chi connectivity index (χ0n) is 13.0. The minimum atomic E-state index is -0.402. The summed E-state index contributed by atoms with van der Waals surface area (Å²) in [5.74, 6) is 0.260. The van der Waals surface area contributed by atoms with Crippen molar-refractivity contribution >= 4 is 17.1 Å². The Hall–Kier alpha value is -2.09. The van der Waals surface area contributed by atoms with Crippen molar-refractivity contribution in [2.24, 2.45) is 14.1 Å². The van der Waals surface area contributed by atoms with Crippen LogP contribution in [0, 0.1) is 0 Å². The lowest BCUT2D eigenvalue weighted by Gasteiger charge is -2.18. The van der Waals surface area contributed by atoms with E-state index in [-0.39, 0.29) is 11.5 Å². The first-order valence-electron chi connectivity index (χ1n) is 7.06. The maximum atomic E-state index is 12.3. The molecule has 2 N–H and O–H groups in total.